The highest BCUT2D eigenvalue weighted by Crippen LogP contribution is 2.68. The Morgan fingerprint density at radius 2 is 1.97 bits per heavy atom. The van der Waals surface area contributed by atoms with E-state index in [-0.39, 0.29) is 41.5 Å². The van der Waals surface area contributed by atoms with Crippen molar-refractivity contribution in [3.8, 4) is 0 Å². The van der Waals surface area contributed by atoms with E-state index in [0.717, 1.165) is 19.3 Å². The van der Waals surface area contributed by atoms with Crippen LogP contribution in [0.2, 0.25) is 0 Å². The average Bonchev–Trinajstić information content (AvgIpc) is 3.12. The van der Waals surface area contributed by atoms with Crippen LogP contribution in [-0.4, -0.2) is 41.6 Å². The number of esters is 1. The van der Waals surface area contributed by atoms with E-state index >= 15 is 0 Å². The minimum atomic E-state index is -1.14. The lowest BCUT2D eigenvalue weighted by Crippen LogP contribution is -2.59. The summed E-state index contributed by atoms with van der Waals surface area (Å²) in [6.07, 6.45) is 10.7. The van der Waals surface area contributed by atoms with Crippen LogP contribution in [0.3, 0.4) is 0 Å². The van der Waals surface area contributed by atoms with Gasteiger partial charge in [0.15, 0.2) is 23.8 Å². The fourth-order valence-corrected chi connectivity index (χ4v) is 7.40. The molecule has 5 rings (SSSR count). The third kappa shape index (κ3) is 2.75. The Hall–Kier alpha value is -2.05. The summed E-state index contributed by atoms with van der Waals surface area (Å²) in [5, 5.41) is 0. The molecule has 0 N–H and O–H groups in total. The molecule has 3 fully saturated rings. The molecular formula is C26H32O6. The number of rotatable bonds is 3. The number of ether oxygens (including phenoxy) is 3. The zero-order chi connectivity index (χ0) is 23.1. The molecule has 5 aliphatic rings. The van der Waals surface area contributed by atoms with Gasteiger partial charge in [0.2, 0.25) is 5.78 Å². The molecule has 6 heteroatoms. The standard InChI is InChI=1S/C26H32O6/c1-15(27)30-14-21(29)26-22(31-23(2,3)32-26)13-20-18-7-6-16-12-17(28)8-10-24(16,4)19(18)9-11-25(20,26)5/h8-10,12,18,20,22H,6-7,11,13-14H2,1-5H3/t18-,20+,22-,24+,25+,26-/m1/s1. The third-order valence-corrected chi connectivity index (χ3v) is 8.76. The first-order chi connectivity index (χ1) is 14.9. The van der Waals surface area contributed by atoms with E-state index in [1.807, 2.05) is 13.8 Å². The zero-order valence-electron chi connectivity index (χ0n) is 19.5. The highest BCUT2D eigenvalue weighted by Gasteiger charge is 2.74. The van der Waals surface area contributed by atoms with Crippen LogP contribution in [0.15, 0.2) is 35.5 Å². The number of Topliss-reactive ketones (excluding diaryl/α,β-unsaturated/α-hetero) is 1. The summed E-state index contributed by atoms with van der Waals surface area (Å²) in [6.45, 7) is 9.05. The minimum Gasteiger partial charge on any atom is -0.458 e. The lowest BCUT2D eigenvalue weighted by molar-refractivity contribution is -0.206. The number of hydrogen-bond donors (Lipinski definition) is 0. The molecule has 0 radical (unpaired) electrons. The fourth-order valence-electron chi connectivity index (χ4n) is 7.40. The monoisotopic (exact) mass is 440 g/mol. The fraction of sp³-hybridized carbons (Fsp3) is 0.654. The molecule has 0 unspecified atom stereocenters. The number of hydrogen-bond acceptors (Lipinski definition) is 6. The van der Waals surface area contributed by atoms with Crippen LogP contribution < -0.4 is 0 Å². The lowest BCUT2D eigenvalue weighted by atomic mass is 9.51. The van der Waals surface area contributed by atoms with Gasteiger partial charge >= 0.3 is 5.97 Å². The van der Waals surface area contributed by atoms with Gasteiger partial charge in [-0.25, -0.2) is 0 Å². The van der Waals surface area contributed by atoms with Crippen molar-refractivity contribution in [3.05, 3.63) is 35.5 Å². The first-order valence-corrected chi connectivity index (χ1v) is 11.6. The van der Waals surface area contributed by atoms with E-state index in [1.54, 1.807) is 12.2 Å². The molecule has 0 aromatic heterocycles. The molecule has 172 valence electrons. The van der Waals surface area contributed by atoms with Gasteiger partial charge in [-0.15, -0.1) is 0 Å². The molecule has 1 heterocycles. The SMILES string of the molecule is CC(=O)OCC(=O)[C@@]12OC(C)(C)O[C@@H]1C[C@H]1[C@@H]3CCC4=CC(=O)C=C[C@]4(C)C3=CC[C@@]12C. The number of ketones is 2. The summed E-state index contributed by atoms with van der Waals surface area (Å²) in [5.41, 5.74) is 0.675. The molecule has 6 nitrogen and oxygen atoms in total. The van der Waals surface area contributed by atoms with E-state index in [2.05, 4.69) is 26.0 Å². The van der Waals surface area contributed by atoms with E-state index < -0.39 is 22.8 Å². The van der Waals surface area contributed by atoms with Crippen molar-refractivity contribution in [1.29, 1.82) is 0 Å². The van der Waals surface area contributed by atoms with Crippen molar-refractivity contribution < 1.29 is 28.6 Å². The normalized spacial score (nSPS) is 43.4. The topological polar surface area (TPSA) is 78.9 Å². The second-order valence-electron chi connectivity index (χ2n) is 10.9. The smallest absolute Gasteiger partial charge is 0.303 e. The van der Waals surface area contributed by atoms with E-state index in [1.165, 1.54) is 18.1 Å². The maximum Gasteiger partial charge on any atom is 0.303 e. The van der Waals surface area contributed by atoms with Gasteiger partial charge < -0.3 is 14.2 Å². The van der Waals surface area contributed by atoms with Crippen molar-refractivity contribution in [2.45, 2.75) is 77.8 Å². The molecule has 2 saturated carbocycles. The number of carbonyl (C=O) groups excluding carboxylic acids is 3. The molecule has 0 aromatic carbocycles. The van der Waals surface area contributed by atoms with Gasteiger partial charge in [0.05, 0.1) is 6.10 Å². The number of allylic oxidation sites excluding steroid dienone is 6. The Kier molecular flexibility index (Phi) is 4.58. The van der Waals surface area contributed by atoms with Gasteiger partial charge in [-0.2, -0.15) is 0 Å². The van der Waals surface area contributed by atoms with Gasteiger partial charge in [0, 0.05) is 17.8 Å². The minimum absolute atomic E-state index is 0.0617. The summed E-state index contributed by atoms with van der Waals surface area (Å²) in [7, 11) is 0. The van der Waals surface area contributed by atoms with Gasteiger partial charge in [-0.05, 0) is 70.4 Å². The van der Waals surface area contributed by atoms with Crippen LogP contribution in [0.1, 0.15) is 60.3 Å². The second kappa shape index (κ2) is 6.73. The average molecular weight is 441 g/mol. The molecule has 0 aromatic rings. The number of carbonyl (C=O) groups is 3. The maximum absolute atomic E-state index is 13.6. The van der Waals surface area contributed by atoms with Crippen LogP contribution in [-0.2, 0) is 28.6 Å². The molecular weight excluding hydrogens is 408 g/mol. The first kappa shape index (κ1) is 21.8. The highest BCUT2D eigenvalue weighted by molar-refractivity contribution is 6.01. The van der Waals surface area contributed by atoms with Gasteiger partial charge in [0.1, 0.15) is 0 Å². The van der Waals surface area contributed by atoms with Gasteiger partial charge in [-0.1, -0.05) is 30.2 Å². The first-order valence-electron chi connectivity index (χ1n) is 11.6. The van der Waals surface area contributed by atoms with Crippen molar-refractivity contribution in [2.75, 3.05) is 6.61 Å². The molecule has 1 aliphatic heterocycles. The molecule has 0 amide bonds. The molecule has 4 aliphatic carbocycles. The van der Waals surface area contributed by atoms with Crippen molar-refractivity contribution >= 4 is 17.5 Å². The summed E-state index contributed by atoms with van der Waals surface area (Å²) in [6, 6.07) is 0. The predicted molar refractivity (Wildman–Crippen MR) is 116 cm³/mol. The van der Waals surface area contributed by atoms with Crippen LogP contribution in [0, 0.1) is 22.7 Å². The van der Waals surface area contributed by atoms with E-state index in [0.29, 0.717) is 6.42 Å². The van der Waals surface area contributed by atoms with E-state index in [9.17, 15) is 14.4 Å². The molecule has 1 saturated heterocycles. The summed E-state index contributed by atoms with van der Waals surface area (Å²) < 4.78 is 17.9. The highest BCUT2D eigenvalue weighted by atomic mass is 16.8. The van der Waals surface area contributed by atoms with Crippen molar-refractivity contribution in [1.82, 2.24) is 0 Å². The van der Waals surface area contributed by atoms with E-state index in [4.69, 9.17) is 14.2 Å². The molecule has 0 spiro atoms. The Balaban J connectivity index is 1.57. The largest absolute Gasteiger partial charge is 0.458 e. The van der Waals surface area contributed by atoms with Gasteiger partial charge in [0.25, 0.3) is 0 Å². The summed E-state index contributed by atoms with van der Waals surface area (Å²) in [5.74, 6) is -1.02. The quantitative estimate of drug-likeness (QED) is 0.490. The van der Waals surface area contributed by atoms with Crippen molar-refractivity contribution in [2.24, 2.45) is 22.7 Å². The summed E-state index contributed by atoms with van der Waals surface area (Å²) >= 11 is 0. The van der Waals surface area contributed by atoms with Crippen molar-refractivity contribution in [3.63, 3.8) is 0 Å². The molecule has 0 bridgehead atoms. The number of fused-ring (bicyclic) bond motifs is 7. The van der Waals surface area contributed by atoms with Crippen LogP contribution in [0.4, 0.5) is 0 Å². The third-order valence-electron chi connectivity index (χ3n) is 8.76. The lowest BCUT2D eigenvalue weighted by Gasteiger charge is -2.54. The van der Waals surface area contributed by atoms with Gasteiger partial charge in [-0.3, -0.25) is 14.4 Å². The molecule has 32 heavy (non-hydrogen) atoms. The molecule has 6 atom stereocenters. The summed E-state index contributed by atoms with van der Waals surface area (Å²) in [4.78, 5) is 37.0. The Bertz CT molecular complexity index is 1000. The van der Waals surface area contributed by atoms with Crippen LogP contribution >= 0.6 is 0 Å². The van der Waals surface area contributed by atoms with Crippen LogP contribution in [0.5, 0.6) is 0 Å². The Morgan fingerprint density at radius 1 is 1.22 bits per heavy atom. The Morgan fingerprint density at radius 3 is 2.69 bits per heavy atom. The zero-order valence-corrected chi connectivity index (χ0v) is 19.5. The second-order valence-corrected chi connectivity index (χ2v) is 10.9. The predicted octanol–water partition coefficient (Wildman–Crippen LogP) is 3.85. The Labute approximate surface area is 189 Å². The maximum atomic E-state index is 13.6. The van der Waals surface area contributed by atoms with Crippen LogP contribution in [0.25, 0.3) is 0 Å².